The van der Waals surface area contributed by atoms with Crippen molar-refractivity contribution in [3.8, 4) is 0 Å². The van der Waals surface area contributed by atoms with Crippen molar-refractivity contribution < 1.29 is 13.2 Å². The maximum absolute atomic E-state index is 12.0. The van der Waals surface area contributed by atoms with Crippen LogP contribution in [0.5, 0.6) is 0 Å². The van der Waals surface area contributed by atoms with Crippen LogP contribution in [0.2, 0.25) is 5.02 Å². The molecule has 0 aliphatic carbocycles. The quantitative estimate of drug-likeness (QED) is 0.814. The Morgan fingerprint density at radius 2 is 2.13 bits per heavy atom. The van der Waals surface area contributed by atoms with E-state index in [9.17, 15) is 13.2 Å². The molecule has 0 bridgehead atoms. The third-order valence-electron chi connectivity index (χ3n) is 2.85. The van der Waals surface area contributed by atoms with E-state index >= 15 is 0 Å². The van der Waals surface area contributed by atoms with Crippen LogP contribution in [0.4, 0.5) is 10.8 Å². The van der Waals surface area contributed by atoms with Gasteiger partial charge in [-0.05, 0) is 32.0 Å². The zero-order valence-electron chi connectivity index (χ0n) is 12.5. The van der Waals surface area contributed by atoms with Gasteiger partial charge in [0.25, 0.3) is 0 Å². The average Bonchev–Trinajstić information content (AvgIpc) is 2.84. The van der Waals surface area contributed by atoms with Crippen LogP contribution in [0.25, 0.3) is 0 Å². The van der Waals surface area contributed by atoms with E-state index in [1.54, 1.807) is 43.5 Å². The first kappa shape index (κ1) is 17.7. The van der Waals surface area contributed by atoms with E-state index < -0.39 is 15.3 Å². The highest BCUT2D eigenvalue weighted by Crippen LogP contribution is 2.19. The van der Waals surface area contributed by atoms with Gasteiger partial charge < -0.3 is 5.32 Å². The number of amides is 1. The lowest BCUT2D eigenvalue weighted by Gasteiger charge is -2.07. The molecule has 1 aromatic carbocycles. The van der Waals surface area contributed by atoms with Gasteiger partial charge in [0.15, 0.2) is 5.13 Å². The van der Waals surface area contributed by atoms with Crippen molar-refractivity contribution in [2.75, 3.05) is 10.0 Å². The Morgan fingerprint density at radius 1 is 1.39 bits per heavy atom. The fraction of sp³-hybridized carbons (Fsp3) is 0.286. The Morgan fingerprint density at radius 3 is 2.78 bits per heavy atom. The lowest BCUT2D eigenvalue weighted by Crippen LogP contribution is -2.22. The number of nitrogens with zero attached hydrogens (tertiary/aromatic N) is 1. The first-order valence-electron chi connectivity index (χ1n) is 6.78. The molecule has 0 atom stereocenters. The minimum atomic E-state index is -3.44. The minimum absolute atomic E-state index is 0.0480. The molecule has 2 aromatic rings. The molecule has 0 unspecified atom stereocenters. The van der Waals surface area contributed by atoms with Crippen LogP contribution in [-0.4, -0.2) is 24.6 Å². The van der Waals surface area contributed by atoms with E-state index in [-0.39, 0.29) is 17.5 Å². The number of hydrogen-bond donors (Lipinski definition) is 2. The van der Waals surface area contributed by atoms with Crippen LogP contribution >= 0.6 is 22.9 Å². The van der Waals surface area contributed by atoms with Gasteiger partial charge in [-0.25, -0.2) is 13.4 Å². The first-order chi connectivity index (χ1) is 10.8. The van der Waals surface area contributed by atoms with Gasteiger partial charge in [-0.2, -0.15) is 0 Å². The number of aromatic nitrogens is 1. The topological polar surface area (TPSA) is 88.2 Å². The van der Waals surface area contributed by atoms with Crippen LogP contribution in [0.3, 0.4) is 0 Å². The zero-order chi connectivity index (χ0) is 17.0. The molecular formula is C14H16ClN3O3S2. The molecule has 0 aliphatic heterocycles. The second-order valence-electron chi connectivity index (χ2n) is 5.08. The maximum Gasteiger partial charge on any atom is 0.236 e. The van der Waals surface area contributed by atoms with Gasteiger partial charge in [-0.3, -0.25) is 9.52 Å². The third-order valence-corrected chi connectivity index (χ3v) is 5.74. The standard InChI is InChI=1S/C14H16ClN3O3S2/c1-9(2)23(20,21)18-14-17-12(8-22-14)7-13(19)16-11-5-3-4-10(15)6-11/h3-6,8-9H,7H2,1-2H3,(H,16,19)(H,17,18). The molecule has 9 heteroatoms. The molecule has 1 aromatic heterocycles. The predicted octanol–water partition coefficient (Wildman–Crippen LogP) is 3.13. The Bertz CT molecular complexity index is 803. The zero-order valence-corrected chi connectivity index (χ0v) is 14.9. The van der Waals surface area contributed by atoms with Crippen LogP contribution in [0.1, 0.15) is 19.5 Å². The van der Waals surface area contributed by atoms with Crippen LogP contribution in [-0.2, 0) is 21.2 Å². The smallest absolute Gasteiger partial charge is 0.236 e. The Labute approximate surface area is 143 Å². The molecule has 0 saturated carbocycles. The van der Waals surface area contributed by atoms with Gasteiger partial charge in [0.1, 0.15) is 0 Å². The fourth-order valence-corrected chi connectivity index (χ4v) is 3.42. The van der Waals surface area contributed by atoms with E-state index in [1.807, 2.05) is 0 Å². The molecule has 2 N–H and O–H groups in total. The van der Waals surface area contributed by atoms with Crippen molar-refractivity contribution in [3.05, 3.63) is 40.4 Å². The summed E-state index contributed by atoms with van der Waals surface area (Å²) in [7, 11) is -3.44. The Kier molecular flexibility index (Phi) is 5.61. The molecule has 0 spiro atoms. The van der Waals surface area contributed by atoms with Crippen molar-refractivity contribution in [1.29, 1.82) is 0 Å². The van der Waals surface area contributed by atoms with E-state index in [0.29, 0.717) is 16.4 Å². The number of halogens is 1. The van der Waals surface area contributed by atoms with E-state index in [0.717, 1.165) is 11.3 Å². The monoisotopic (exact) mass is 373 g/mol. The first-order valence-corrected chi connectivity index (χ1v) is 9.58. The van der Waals surface area contributed by atoms with E-state index in [2.05, 4.69) is 15.0 Å². The van der Waals surface area contributed by atoms with E-state index in [1.165, 1.54) is 0 Å². The molecule has 0 radical (unpaired) electrons. The number of hydrogen-bond acceptors (Lipinski definition) is 5. The molecule has 1 amide bonds. The van der Waals surface area contributed by atoms with Crippen LogP contribution in [0, 0.1) is 0 Å². The van der Waals surface area contributed by atoms with Gasteiger partial charge in [-0.15, -0.1) is 11.3 Å². The van der Waals surface area contributed by atoms with Gasteiger partial charge >= 0.3 is 0 Å². The Hall–Kier alpha value is -1.64. The molecule has 0 saturated heterocycles. The second kappa shape index (κ2) is 7.29. The van der Waals surface area contributed by atoms with Gasteiger partial charge in [0, 0.05) is 16.1 Å². The summed E-state index contributed by atoms with van der Waals surface area (Å²) in [4.78, 5) is 16.1. The molecular weight excluding hydrogens is 358 g/mol. The molecule has 0 aliphatic rings. The van der Waals surface area contributed by atoms with Crippen molar-refractivity contribution >= 4 is 49.7 Å². The largest absolute Gasteiger partial charge is 0.326 e. The number of nitrogens with one attached hydrogen (secondary N) is 2. The summed E-state index contributed by atoms with van der Waals surface area (Å²) in [6.45, 7) is 3.16. The molecule has 6 nitrogen and oxygen atoms in total. The highest BCUT2D eigenvalue weighted by atomic mass is 35.5. The van der Waals surface area contributed by atoms with Crippen molar-refractivity contribution in [2.45, 2.75) is 25.5 Å². The molecule has 23 heavy (non-hydrogen) atoms. The third kappa shape index (κ3) is 5.19. The van der Waals surface area contributed by atoms with Crippen molar-refractivity contribution in [2.24, 2.45) is 0 Å². The summed E-state index contributed by atoms with van der Waals surface area (Å²) in [5, 5.41) is 4.59. The summed E-state index contributed by atoms with van der Waals surface area (Å²) in [5.74, 6) is -0.254. The SMILES string of the molecule is CC(C)S(=O)(=O)Nc1nc(CC(=O)Nc2cccc(Cl)c2)cs1. The number of carbonyl (C=O) groups is 1. The van der Waals surface area contributed by atoms with Crippen molar-refractivity contribution in [1.82, 2.24) is 4.98 Å². The lowest BCUT2D eigenvalue weighted by atomic mass is 10.3. The Balaban J connectivity index is 1.97. The molecule has 2 rings (SSSR count). The average molecular weight is 374 g/mol. The predicted molar refractivity (Wildman–Crippen MR) is 93.6 cm³/mol. The highest BCUT2D eigenvalue weighted by Gasteiger charge is 2.18. The van der Waals surface area contributed by atoms with Gasteiger partial charge in [0.05, 0.1) is 17.4 Å². The summed E-state index contributed by atoms with van der Waals surface area (Å²) in [6.07, 6.45) is 0.0480. The molecule has 0 fully saturated rings. The lowest BCUT2D eigenvalue weighted by molar-refractivity contribution is -0.115. The number of benzene rings is 1. The molecule has 1 heterocycles. The highest BCUT2D eigenvalue weighted by molar-refractivity contribution is 7.93. The number of thiazole rings is 1. The van der Waals surface area contributed by atoms with Crippen LogP contribution in [0.15, 0.2) is 29.6 Å². The second-order valence-corrected chi connectivity index (χ2v) is 8.61. The fourth-order valence-electron chi connectivity index (χ4n) is 1.61. The number of carbonyl (C=O) groups excluding carboxylic acids is 1. The molecule has 124 valence electrons. The summed E-state index contributed by atoms with van der Waals surface area (Å²) < 4.78 is 25.9. The van der Waals surface area contributed by atoms with Crippen LogP contribution < -0.4 is 10.0 Å². The number of rotatable bonds is 6. The summed E-state index contributed by atoms with van der Waals surface area (Å²) >= 11 is 6.99. The van der Waals surface area contributed by atoms with Gasteiger partial charge in [0.2, 0.25) is 15.9 Å². The minimum Gasteiger partial charge on any atom is -0.326 e. The summed E-state index contributed by atoms with van der Waals surface area (Å²) in [5.41, 5.74) is 1.09. The van der Waals surface area contributed by atoms with E-state index in [4.69, 9.17) is 11.6 Å². The van der Waals surface area contributed by atoms with Gasteiger partial charge in [-0.1, -0.05) is 17.7 Å². The number of anilines is 2. The normalized spacial score (nSPS) is 11.5. The summed E-state index contributed by atoms with van der Waals surface area (Å²) in [6, 6.07) is 6.82. The van der Waals surface area contributed by atoms with Crippen molar-refractivity contribution in [3.63, 3.8) is 0 Å². The maximum atomic E-state index is 12.0. The number of sulfonamides is 1.